The third-order valence-corrected chi connectivity index (χ3v) is 2.10. The van der Waals surface area contributed by atoms with Crippen molar-refractivity contribution in [3.63, 3.8) is 0 Å². The lowest BCUT2D eigenvalue weighted by molar-refractivity contribution is 0.474. The van der Waals surface area contributed by atoms with E-state index >= 15 is 0 Å². The summed E-state index contributed by atoms with van der Waals surface area (Å²) in [6.07, 6.45) is 1.22. The van der Waals surface area contributed by atoms with E-state index < -0.39 is 0 Å². The summed E-state index contributed by atoms with van der Waals surface area (Å²) in [6.45, 7) is 0. The van der Waals surface area contributed by atoms with Crippen LogP contribution in [-0.2, 0) is 0 Å². The van der Waals surface area contributed by atoms with Crippen molar-refractivity contribution in [1.82, 2.24) is 0 Å². The van der Waals surface area contributed by atoms with Crippen molar-refractivity contribution >= 4 is 29.3 Å². The second kappa shape index (κ2) is 4.70. The molecule has 15 heavy (non-hydrogen) atoms. The molecule has 0 spiro atoms. The Bertz CT molecular complexity index is 493. The van der Waals surface area contributed by atoms with Gasteiger partial charge in [-0.2, -0.15) is 10.5 Å². The summed E-state index contributed by atoms with van der Waals surface area (Å²) in [4.78, 5) is 0. The van der Waals surface area contributed by atoms with Crippen LogP contribution in [0.2, 0.25) is 10.0 Å². The minimum absolute atomic E-state index is 0.0731. The van der Waals surface area contributed by atoms with Crippen molar-refractivity contribution in [2.75, 3.05) is 0 Å². The Labute approximate surface area is 96.4 Å². The molecule has 5 heteroatoms. The molecular weight excluding hydrogens is 235 g/mol. The molecule has 0 aliphatic heterocycles. The highest BCUT2D eigenvalue weighted by atomic mass is 35.5. The van der Waals surface area contributed by atoms with Crippen molar-refractivity contribution < 1.29 is 5.11 Å². The molecule has 1 N–H and O–H groups in total. The molecule has 0 amide bonds. The van der Waals surface area contributed by atoms with Crippen molar-refractivity contribution in [3.8, 4) is 17.9 Å². The molecule has 0 aliphatic carbocycles. The summed E-state index contributed by atoms with van der Waals surface area (Å²) in [7, 11) is 0. The highest BCUT2D eigenvalue weighted by Gasteiger charge is 2.06. The number of benzene rings is 1. The van der Waals surface area contributed by atoms with Gasteiger partial charge in [0.25, 0.3) is 0 Å². The molecule has 0 bridgehead atoms. The average molecular weight is 239 g/mol. The fourth-order valence-electron chi connectivity index (χ4n) is 0.941. The zero-order valence-electron chi connectivity index (χ0n) is 7.33. The number of hydrogen-bond donors (Lipinski definition) is 1. The van der Waals surface area contributed by atoms with Gasteiger partial charge in [0.05, 0.1) is 5.02 Å². The van der Waals surface area contributed by atoms with Gasteiger partial charge in [0.15, 0.2) is 0 Å². The van der Waals surface area contributed by atoms with Gasteiger partial charge in [-0.15, -0.1) is 0 Å². The molecule has 0 fully saturated rings. The van der Waals surface area contributed by atoms with E-state index in [-0.39, 0.29) is 21.9 Å². The summed E-state index contributed by atoms with van der Waals surface area (Å²) in [5, 5.41) is 27.0. The minimum Gasteiger partial charge on any atom is -0.506 e. The summed E-state index contributed by atoms with van der Waals surface area (Å²) in [5.74, 6) is -0.205. The number of phenols is 1. The van der Waals surface area contributed by atoms with Crippen LogP contribution in [0.4, 0.5) is 0 Å². The number of phenolic OH excluding ortho intramolecular Hbond substituents is 1. The number of nitrogens with zero attached hydrogens (tertiary/aromatic N) is 2. The molecule has 1 aromatic rings. The third-order valence-electron chi connectivity index (χ3n) is 1.60. The molecule has 1 rings (SSSR count). The van der Waals surface area contributed by atoms with Gasteiger partial charge in [0.2, 0.25) is 0 Å². The molecule has 0 saturated carbocycles. The Hall–Kier alpha value is -1.68. The smallest absolute Gasteiger partial charge is 0.141 e. The molecule has 0 saturated heterocycles. The van der Waals surface area contributed by atoms with Crippen molar-refractivity contribution in [1.29, 1.82) is 10.5 Å². The Kier molecular flexibility index (Phi) is 3.57. The lowest BCUT2D eigenvalue weighted by atomic mass is 10.1. The second-order valence-electron chi connectivity index (χ2n) is 2.61. The van der Waals surface area contributed by atoms with E-state index in [1.54, 1.807) is 12.1 Å². The molecule has 1 aromatic carbocycles. The second-order valence-corrected chi connectivity index (χ2v) is 3.45. The van der Waals surface area contributed by atoms with Crippen LogP contribution >= 0.6 is 23.2 Å². The van der Waals surface area contributed by atoms with Crippen molar-refractivity contribution in [3.05, 3.63) is 33.3 Å². The number of hydrogen-bond acceptors (Lipinski definition) is 3. The first kappa shape index (κ1) is 11.4. The lowest BCUT2D eigenvalue weighted by Crippen LogP contribution is -1.80. The van der Waals surface area contributed by atoms with E-state index in [0.29, 0.717) is 5.02 Å². The molecule has 0 aliphatic rings. The van der Waals surface area contributed by atoms with Crippen LogP contribution in [-0.4, -0.2) is 5.11 Å². The molecule has 0 atom stereocenters. The summed E-state index contributed by atoms with van der Waals surface area (Å²) >= 11 is 11.4. The first-order chi connectivity index (χ1) is 7.08. The number of rotatable bonds is 1. The van der Waals surface area contributed by atoms with Gasteiger partial charge >= 0.3 is 0 Å². The van der Waals surface area contributed by atoms with Gasteiger partial charge in [0.1, 0.15) is 23.5 Å². The van der Waals surface area contributed by atoms with E-state index in [0.717, 1.165) is 0 Å². The van der Waals surface area contributed by atoms with Crippen LogP contribution in [0.3, 0.4) is 0 Å². The number of aromatic hydroxyl groups is 1. The van der Waals surface area contributed by atoms with Crippen LogP contribution in [0, 0.1) is 22.7 Å². The highest BCUT2D eigenvalue weighted by molar-refractivity contribution is 6.35. The third kappa shape index (κ3) is 2.63. The summed E-state index contributed by atoms with van der Waals surface area (Å²) in [5.41, 5.74) is 0.106. The zero-order chi connectivity index (χ0) is 11.4. The summed E-state index contributed by atoms with van der Waals surface area (Å²) < 4.78 is 0. The number of allylic oxidation sites excluding steroid dienone is 1. The Morgan fingerprint density at radius 1 is 1.27 bits per heavy atom. The maximum atomic E-state index is 9.51. The van der Waals surface area contributed by atoms with Gasteiger partial charge in [-0.05, 0) is 18.2 Å². The van der Waals surface area contributed by atoms with Gasteiger partial charge in [-0.3, -0.25) is 0 Å². The minimum atomic E-state index is -0.205. The maximum absolute atomic E-state index is 9.51. The van der Waals surface area contributed by atoms with Gasteiger partial charge in [0, 0.05) is 10.6 Å². The fraction of sp³-hybridized carbons (Fsp3) is 0. The van der Waals surface area contributed by atoms with E-state index in [1.165, 1.54) is 18.2 Å². The molecule has 0 unspecified atom stereocenters. The van der Waals surface area contributed by atoms with Crippen LogP contribution in [0.1, 0.15) is 5.56 Å². The molecule has 0 aromatic heterocycles. The predicted molar refractivity (Wildman–Crippen MR) is 57.3 cm³/mol. The SMILES string of the molecule is N#CC(C#N)=Cc1cc(Cl)cc(Cl)c1O. The van der Waals surface area contributed by atoms with Crippen LogP contribution in [0.5, 0.6) is 5.75 Å². The quantitative estimate of drug-likeness (QED) is 0.765. The van der Waals surface area contributed by atoms with Crippen molar-refractivity contribution in [2.24, 2.45) is 0 Å². The van der Waals surface area contributed by atoms with Crippen LogP contribution < -0.4 is 0 Å². The Morgan fingerprint density at radius 2 is 1.87 bits per heavy atom. The van der Waals surface area contributed by atoms with E-state index in [4.69, 9.17) is 33.7 Å². The normalized spacial score (nSPS) is 8.80. The van der Waals surface area contributed by atoms with Crippen LogP contribution in [0.15, 0.2) is 17.7 Å². The highest BCUT2D eigenvalue weighted by Crippen LogP contribution is 2.32. The van der Waals surface area contributed by atoms with Gasteiger partial charge in [-0.25, -0.2) is 0 Å². The van der Waals surface area contributed by atoms with E-state index in [1.807, 2.05) is 0 Å². The maximum Gasteiger partial charge on any atom is 0.141 e. The average Bonchev–Trinajstić information content (AvgIpc) is 2.21. The molecular formula is C10H4Cl2N2O. The first-order valence-electron chi connectivity index (χ1n) is 3.78. The number of halogens is 2. The van der Waals surface area contributed by atoms with Gasteiger partial charge in [-0.1, -0.05) is 23.2 Å². The molecule has 0 heterocycles. The topological polar surface area (TPSA) is 67.8 Å². The molecule has 74 valence electrons. The Morgan fingerprint density at radius 3 is 2.40 bits per heavy atom. The monoisotopic (exact) mass is 238 g/mol. The number of nitriles is 2. The first-order valence-corrected chi connectivity index (χ1v) is 4.54. The zero-order valence-corrected chi connectivity index (χ0v) is 8.84. The van der Waals surface area contributed by atoms with Crippen LogP contribution in [0.25, 0.3) is 6.08 Å². The largest absolute Gasteiger partial charge is 0.506 e. The van der Waals surface area contributed by atoms with Gasteiger partial charge < -0.3 is 5.11 Å². The molecule has 3 nitrogen and oxygen atoms in total. The lowest BCUT2D eigenvalue weighted by Gasteiger charge is -2.02. The van der Waals surface area contributed by atoms with E-state index in [2.05, 4.69) is 0 Å². The standard InChI is InChI=1S/C10H4Cl2N2O/c11-8-2-7(1-6(4-13)5-14)10(15)9(12)3-8/h1-3,15H. The predicted octanol–water partition coefficient (Wildman–Crippen LogP) is 3.13. The summed E-state index contributed by atoms with van der Waals surface area (Å²) in [6, 6.07) is 6.12. The Balaban J connectivity index is 3.35. The van der Waals surface area contributed by atoms with E-state index in [9.17, 15) is 5.11 Å². The van der Waals surface area contributed by atoms with Crippen molar-refractivity contribution in [2.45, 2.75) is 0 Å². The molecule has 0 radical (unpaired) electrons. The fourth-order valence-corrected chi connectivity index (χ4v) is 1.45.